The van der Waals surface area contributed by atoms with E-state index in [1.807, 2.05) is 24.3 Å². The largest absolute Gasteiger partial charge is 0.497 e. The zero-order valence-electron chi connectivity index (χ0n) is 15.6. The summed E-state index contributed by atoms with van der Waals surface area (Å²) < 4.78 is 18.4. The van der Waals surface area contributed by atoms with E-state index >= 15 is 0 Å². The molecule has 0 bridgehead atoms. The molecule has 7 heteroatoms. The maximum Gasteiger partial charge on any atom is 0.252 e. The number of aromatic nitrogens is 2. The number of ether oxygens (including phenoxy) is 1. The van der Waals surface area contributed by atoms with Crippen molar-refractivity contribution in [1.82, 2.24) is 9.97 Å². The molecule has 0 radical (unpaired) electrons. The van der Waals surface area contributed by atoms with Gasteiger partial charge in [0, 0.05) is 43.5 Å². The molecule has 6 nitrogen and oxygen atoms in total. The van der Waals surface area contributed by atoms with Crippen LogP contribution in [0.2, 0.25) is 0 Å². The highest BCUT2D eigenvalue weighted by Crippen LogP contribution is 2.22. The minimum Gasteiger partial charge on any atom is -0.497 e. The van der Waals surface area contributed by atoms with Crippen LogP contribution in [0.25, 0.3) is 11.3 Å². The summed E-state index contributed by atoms with van der Waals surface area (Å²) in [5.41, 5.74) is 2.17. The van der Waals surface area contributed by atoms with Gasteiger partial charge in [0.1, 0.15) is 11.6 Å². The fourth-order valence-corrected chi connectivity index (χ4v) is 3.33. The zero-order valence-corrected chi connectivity index (χ0v) is 15.6. The topological polar surface area (TPSA) is 61.5 Å². The van der Waals surface area contributed by atoms with Crippen LogP contribution in [-0.2, 0) is 0 Å². The van der Waals surface area contributed by atoms with Crippen molar-refractivity contribution < 1.29 is 9.13 Å². The number of H-pyrrole nitrogens is 1. The maximum atomic E-state index is 13.2. The number of methoxy groups -OCH3 is 1. The summed E-state index contributed by atoms with van der Waals surface area (Å²) in [5.74, 6) is 1.06. The van der Waals surface area contributed by atoms with Crippen molar-refractivity contribution in [2.24, 2.45) is 0 Å². The number of nitrogens with one attached hydrogen (secondary N) is 1. The monoisotopic (exact) mass is 380 g/mol. The standard InChI is InChI=1S/C21H21FN4O2/c1-28-18-8-6-17(7-9-18)25-10-12-26(13-11-25)21-23-19(14-20(27)24-21)15-2-4-16(22)5-3-15/h2-9,14H,10-13H2,1H3,(H,23,24,27). The lowest BCUT2D eigenvalue weighted by Gasteiger charge is -2.36. The van der Waals surface area contributed by atoms with Crippen molar-refractivity contribution in [2.45, 2.75) is 0 Å². The second-order valence-electron chi connectivity index (χ2n) is 6.63. The Hall–Kier alpha value is -3.35. The summed E-state index contributed by atoms with van der Waals surface area (Å²) in [6, 6.07) is 15.4. The van der Waals surface area contributed by atoms with Gasteiger partial charge >= 0.3 is 0 Å². The number of halogens is 1. The number of benzene rings is 2. The van der Waals surface area contributed by atoms with Crippen LogP contribution in [0, 0.1) is 5.82 Å². The Bertz CT molecular complexity index is 994. The van der Waals surface area contributed by atoms with Gasteiger partial charge in [-0.3, -0.25) is 9.78 Å². The van der Waals surface area contributed by atoms with E-state index in [0.29, 0.717) is 17.2 Å². The number of nitrogens with zero attached hydrogens (tertiary/aromatic N) is 3. The molecule has 4 rings (SSSR count). The van der Waals surface area contributed by atoms with Gasteiger partial charge in [0.15, 0.2) is 0 Å². The second-order valence-corrected chi connectivity index (χ2v) is 6.63. The molecule has 1 aliphatic heterocycles. The van der Waals surface area contributed by atoms with Gasteiger partial charge in [-0.15, -0.1) is 0 Å². The molecule has 1 aromatic heterocycles. The van der Waals surface area contributed by atoms with Crippen LogP contribution in [0.3, 0.4) is 0 Å². The van der Waals surface area contributed by atoms with Crippen LogP contribution < -0.4 is 20.1 Å². The van der Waals surface area contributed by atoms with E-state index in [4.69, 9.17) is 4.74 Å². The summed E-state index contributed by atoms with van der Waals surface area (Å²) in [6.07, 6.45) is 0. The lowest BCUT2D eigenvalue weighted by atomic mass is 10.1. The second kappa shape index (κ2) is 7.72. The first-order valence-corrected chi connectivity index (χ1v) is 9.13. The zero-order chi connectivity index (χ0) is 19.5. The van der Waals surface area contributed by atoms with Gasteiger partial charge in [-0.25, -0.2) is 9.37 Å². The normalized spacial score (nSPS) is 14.2. The van der Waals surface area contributed by atoms with Gasteiger partial charge in [-0.05, 0) is 48.5 Å². The van der Waals surface area contributed by atoms with E-state index in [1.165, 1.54) is 18.2 Å². The Morgan fingerprint density at radius 2 is 1.61 bits per heavy atom. The molecule has 2 heterocycles. The third-order valence-corrected chi connectivity index (χ3v) is 4.89. The Morgan fingerprint density at radius 1 is 0.964 bits per heavy atom. The lowest BCUT2D eigenvalue weighted by molar-refractivity contribution is 0.415. The minimum atomic E-state index is -0.316. The summed E-state index contributed by atoms with van der Waals surface area (Å²) in [4.78, 5) is 23.9. The van der Waals surface area contributed by atoms with Crippen LogP contribution in [0.1, 0.15) is 0 Å². The van der Waals surface area contributed by atoms with Gasteiger partial charge < -0.3 is 14.5 Å². The van der Waals surface area contributed by atoms with Crippen LogP contribution in [0.15, 0.2) is 59.4 Å². The molecule has 3 aromatic rings. The summed E-state index contributed by atoms with van der Waals surface area (Å²) >= 11 is 0. The molecule has 1 N–H and O–H groups in total. The van der Waals surface area contributed by atoms with Gasteiger partial charge in [-0.1, -0.05) is 0 Å². The van der Waals surface area contributed by atoms with Crippen LogP contribution in [0.5, 0.6) is 5.75 Å². The Morgan fingerprint density at radius 3 is 2.25 bits per heavy atom. The number of hydrogen-bond acceptors (Lipinski definition) is 5. The molecule has 0 amide bonds. The maximum absolute atomic E-state index is 13.2. The molecule has 0 unspecified atom stereocenters. The number of aromatic amines is 1. The van der Waals surface area contributed by atoms with E-state index in [-0.39, 0.29) is 11.4 Å². The number of rotatable bonds is 4. The van der Waals surface area contributed by atoms with E-state index in [9.17, 15) is 9.18 Å². The van der Waals surface area contributed by atoms with Crippen LogP contribution in [0.4, 0.5) is 16.0 Å². The van der Waals surface area contributed by atoms with Crippen molar-refractivity contribution in [1.29, 1.82) is 0 Å². The molecule has 0 spiro atoms. The third kappa shape index (κ3) is 3.83. The number of piperazine rings is 1. The predicted octanol–water partition coefficient (Wildman–Crippen LogP) is 2.91. The SMILES string of the molecule is COc1ccc(N2CCN(c3nc(-c4ccc(F)cc4)cc(=O)[nH]3)CC2)cc1. The van der Waals surface area contributed by atoms with Crippen LogP contribution >= 0.6 is 0 Å². The third-order valence-electron chi connectivity index (χ3n) is 4.89. The fourth-order valence-electron chi connectivity index (χ4n) is 3.33. The van der Waals surface area contributed by atoms with Crippen LogP contribution in [-0.4, -0.2) is 43.3 Å². The number of hydrogen-bond donors (Lipinski definition) is 1. The molecule has 0 aliphatic carbocycles. The quantitative estimate of drug-likeness (QED) is 0.754. The molecule has 144 valence electrons. The Kier molecular flexibility index (Phi) is 4.97. The molecule has 2 aromatic carbocycles. The van der Waals surface area contributed by atoms with E-state index in [1.54, 1.807) is 19.2 Å². The van der Waals surface area contributed by atoms with Gasteiger partial charge in [0.2, 0.25) is 5.95 Å². The average molecular weight is 380 g/mol. The summed E-state index contributed by atoms with van der Waals surface area (Å²) in [7, 11) is 1.65. The molecular weight excluding hydrogens is 359 g/mol. The highest BCUT2D eigenvalue weighted by molar-refractivity contribution is 5.60. The fraction of sp³-hybridized carbons (Fsp3) is 0.238. The van der Waals surface area contributed by atoms with E-state index in [0.717, 1.165) is 37.6 Å². The van der Waals surface area contributed by atoms with Crippen molar-refractivity contribution in [2.75, 3.05) is 43.1 Å². The average Bonchev–Trinajstić information content (AvgIpc) is 2.74. The molecule has 0 atom stereocenters. The van der Waals surface area contributed by atoms with Crippen molar-refractivity contribution in [3.63, 3.8) is 0 Å². The minimum absolute atomic E-state index is 0.220. The van der Waals surface area contributed by atoms with Gasteiger partial charge in [0.05, 0.1) is 12.8 Å². The lowest BCUT2D eigenvalue weighted by Crippen LogP contribution is -2.47. The highest BCUT2D eigenvalue weighted by Gasteiger charge is 2.20. The Balaban J connectivity index is 1.49. The first kappa shape index (κ1) is 18.0. The Labute approximate surface area is 162 Å². The smallest absolute Gasteiger partial charge is 0.252 e. The highest BCUT2D eigenvalue weighted by atomic mass is 19.1. The summed E-state index contributed by atoms with van der Waals surface area (Å²) in [5, 5.41) is 0. The first-order chi connectivity index (χ1) is 13.6. The van der Waals surface area contributed by atoms with Crippen molar-refractivity contribution in [3.05, 3.63) is 70.8 Å². The molecular formula is C21H21FN4O2. The molecule has 1 fully saturated rings. The van der Waals surface area contributed by atoms with E-state index < -0.39 is 0 Å². The molecule has 1 aliphatic rings. The van der Waals surface area contributed by atoms with E-state index in [2.05, 4.69) is 19.8 Å². The summed E-state index contributed by atoms with van der Waals surface area (Å²) in [6.45, 7) is 3.11. The molecule has 28 heavy (non-hydrogen) atoms. The molecule has 0 saturated carbocycles. The van der Waals surface area contributed by atoms with Crippen molar-refractivity contribution in [3.8, 4) is 17.0 Å². The number of anilines is 2. The predicted molar refractivity (Wildman–Crippen MR) is 108 cm³/mol. The first-order valence-electron chi connectivity index (χ1n) is 9.13. The van der Waals surface area contributed by atoms with Gasteiger partial charge in [0.25, 0.3) is 5.56 Å². The van der Waals surface area contributed by atoms with Gasteiger partial charge in [-0.2, -0.15) is 0 Å². The van der Waals surface area contributed by atoms with Crippen molar-refractivity contribution >= 4 is 11.6 Å². The molecule has 1 saturated heterocycles.